The van der Waals surface area contributed by atoms with E-state index in [0.717, 1.165) is 6.42 Å². The van der Waals surface area contributed by atoms with Crippen LogP contribution in [0.15, 0.2) is 103 Å². The molecule has 0 atom stereocenters. The van der Waals surface area contributed by atoms with E-state index in [1.807, 2.05) is 0 Å². The average molecular weight is 429 g/mol. The number of hydrogen-bond donors (Lipinski definition) is 0. The molecular weight excluding hydrogens is 392 g/mol. The minimum absolute atomic E-state index is 0.569. The van der Waals surface area contributed by atoms with Crippen LogP contribution < -0.4 is 0 Å². The summed E-state index contributed by atoms with van der Waals surface area (Å²) in [6.45, 7) is 2.27. The summed E-state index contributed by atoms with van der Waals surface area (Å²) in [5.41, 5.74) is 5.31. The highest BCUT2D eigenvalue weighted by Crippen LogP contribution is 2.40. The van der Waals surface area contributed by atoms with Crippen LogP contribution in [0, 0.1) is 0 Å². The molecule has 0 radical (unpaired) electrons. The highest BCUT2D eigenvalue weighted by atomic mass is 28.2. The number of rotatable bonds is 13. The normalized spacial score (nSPS) is 12.2. The number of unbranched alkanes of at least 4 members (excludes halogenated alkanes) is 6. The lowest BCUT2D eigenvalue weighted by Crippen LogP contribution is -2.34. The maximum absolute atomic E-state index is 6.90. The molecule has 0 spiro atoms. The number of hydrogen-bond acceptors (Lipinski definition) is 1. The van der Waals surface area contributed by atoms with Gasteiger partial charge in [0.15, 0.2) is 9.76 Å². The Morgan fingerprint density at radius 3 is 1.58 bits per heavy atom. The van der Waals surface area contributed by atoms with Crippen molar-refractivity contribution in [3.63, 3.8) is 0 Å². The first-order valence-electron chi connectivity index (χ1n) is 11.8. The minimum Gasteiger partial charge on any atom is -0.402 e. The zero-order valence-electron chi connectivity index (χ0n) is 18.9. The molecule has 0 fully saturated rings. The third-order valence-electron chi connectivity index (χ3n) is 5.83. The number of allylic oxidation sites excluding steroid dienone is 1. The summed E-state index contributed by atoms with van der Waals surface area (Å²) in [4.78, 5) is 0. The van der Waals surface area contributed by atoms with E-state index < -0.39 is 15.4 Å². The summed E-state index contributed by atoms with van der Waals surface area (Å²) in [6, 6.07) is 32.0. The Hall–Kier alpha value is -2.42. The molecule has 0 saturated heterocycles. The van der Waals surface area contributed by atoms with Crippen LogP contribution >= 0.6 is 0 Å². The maximum Gasteiger partial charge on any atom is 0.187 e. The highest BCUT2D eigenvalue weighted by molar-refractivity contribution is 6.34. The quantitative estimate of drug-likeness (QED) is 0.157. The predicted octanol–water partition coefficient (Wildman–Crippen LogP) is 7.34. The third-order valence-corrected chi connectivity index (χ3v) is 6.95. The minimum atomic E-state index is -0.852. The van der Waals surface area contributed by atoms with E-state index in [-0.39, 0.29) is 0 Å². The lowest BCUT2D eigenvalue weighted by atomic mass is 9.80. The monoisotopic (exact) mass is 428 g/mol. The Bertz CT molecular complexity index is 778. The van der Waals surface area contributed by atoms with Gasteiger partial charge in [0, 0.05) is 0 Å². The molecule has 3 aromatic rings. The van der Waals surface area contributed by atoms with Crippen molar-refractivity contribution in [2.75, 3.05) is 0 Å². The van der Waals surface area contributed by atoms with Crippen molar-refractivity contribution in [2.45, 2.75) is 57.5 Å². The van der Waals surface area contributed by atoms with Gasteiger partial charge in [-0.15, -0.1) is 0 Å². The van der Waals surface area contributed by atoms with Crippen LogP contribution in [0.1, 0.15) is 68.6 Å². The second-order valence-corrected chi connectivity index (χ2v) is 9.21. The van der Waals surface area contributed by atoms with Gasteiger partial charge in [-0.2, -0.15) is 0 Å². The van der Waals surface area contributed by atoms with Gasteiger partial charge in [-0.25, -0.2) is 0 Å². The zero-order chi connectivity index (χ0) is 21.6. The Morgan fingerprint density at radius 1 is 0.645 bits per heavy atom. The predicted molar refractivity (Wildman–Crippen MR) is 136 cm³/mol. The Morgan fingerprint density at radius 2 is 1.10 bits per heavy atom. The molecule has 2 heteroatoms. The van der Waals surface area contributed by atoms with E-state index in [1.54, 1.807) is 0 Å². The Balaban J connectivity index is 1.76. The van der Waals surface area contributed by atoms with Crippen LogP contribution in [-0.2, 0) is 10.0 Å². The maximum atomic E-state index is 6.90. The van der Waals surface area contributed by atoms with E-state index in [0.29, 0.717) is 0 Å². The van der Waals surface area contributed by atoms with Gasteiger partial charge in [0.1, 0.15) is 5.60 Å². The fourth-order valence-electron chi connectivity index (χ4n) is 4.17. The lowest BCUT2D eigenvalue weighted by Gasteiger charge is -2.36. The molecule has 1 nitrogen and oxygen atoms in total. The molecule has 162 valence electrons. The lowest BCUT2D eigenvalue weighted by molar-refractivity contribution is 0.167. The highest BCUT2D eigenvalue weighted by Gasteiger charge is 2.36. The van der Waals surface area contributed by atoms with Crippen molar-refractivity contribution in [1.82, 2.24) is 0 Å². The van der Waals surface area contributed by atoms with E-state index in [2.05, 4.69) is 110 Å². The molecule has 0 aromatic heterocycles. The molecule has 3 aromatic carbocycles. The summed E-state index contributed by atoms with van der Waals surface area (Å²) in [6.07, 6.45) is 11.6. The standard InChI is InChI=1S/C29H36OSi/c1-2-3-4-5-6-7-8-18-25-31-30-29(26-19-12-9-13-20-26,27-21-14-10-15-22-27)28-23-16-11-17-24-28/h9-25H,2-8,31H2,1H3. The second-order valence-electron chi connectivity index (χ2n) is 8.12. The second kappa shape index (κ2) is 13.1. The van der Waals surface area contributed by atoms with Crippen molar-refractivity contribution in [2.24, 2.45) is 0 Å². The summed E-state index contributed by atoms with van der Waals surface area (Å²) in [5, 5.41) is 0. The summed E-state index contributed by atoms with van der Waals surface area (Å²) < 4.78 is 6.90. The first-order chi connectivity index (χ1) is 15.4. The SMILES string of the molecule is CCCCCCCCC=C[SiH2]OC(c1ccccc1)(c1ccccc1)c1ccccc1. The molecule has 0 aliphatic carbocycles. The largest absolute Gasteiger partial charge is 0.402 e. The van der Waals surface area contributed by atoms with Crippen LogP contribution in [0.25, 0.3) is 0 Å². The van der Waals surface area contributed by atoms with Gasteiger partial charge in [-0.1, -0.05) is 142 Å². The van der Waals surface area contributed by atoms with Crippen LogP contribution in [0.5, 0.6) is 0 Å². The van der Waals surface area contributed by atoms with E-state index in [9.17, 15) is 0 Å². The van der Waals surface area contributed by atoms with Crippen LogP contribution in [0.4, 0.5) is 0 Å². The van der Waals surface area contributed by atoms with Crippen LogP contribution in [0.2, 0.25) is 0 Å². The van der Waals surface area contributed by atoms with Crippen molar-refractivity contribution in [1.29, 1.82) is 0 Å². The molecule has 0 aliphatic rings. The van der Waals surface area contributed by atoms with Crippen molar-refractivity contribution in [3.05, 3.63) is 119 Å². The van der Waals surface area contributed by atoms with E-state index in [4.69, 9.17) is 4.43 Å². The Kier molecular flexibility index (Phi) is 9.81. The van der Waals surface area contributed by atoms with E-state index >= 15 is 0 Å². The van der Waals surface area contributed by atoms with Crippen molar-refractivity contribution < 1.29 is 4.43 Å². The van der Waals surface area contributed by atoms with Gasteiger partial charge >= 0.3 is 0 Å². The van der Waals surface area contributed by atoms with Gasteiger partial charge in [-0.05, 0) is 29.5 Å². The van der Waals surface area contributed by atoms with Crippen LogP contribution in [0.3, 0.4) is 0 Å². The number of benzene rings is 3. The van der Waals surface area contributed by atoms with Gasteiger partial charge in [0.2, 0.25) is 0 Å². The van der Waals surface area contributed by atoms with Crippen molar-refractivity contribution in [3.8, 4) is 0 Å². The van der Waals surface area contributed by atoms with Gasteiger partial charge in [0.05, 0.1) is 0 Å². The molecule has 0 bridgehead atoms. The zero-order valence-corrected chi connectivity index (χ0v) is 20.3. The van der Waals surface area contributed by atoms with Gasteiger partial charge in [-0.3, -0.25) is 0 Å². The Labute approximate surface area is 191 Å². The molecular formula is C29H36OSi. The fraction of sp³-hybridized carbons (Fsp3) is 0.310. The van der Waals surface area contributed by atoms with Crippen molar-refractivity contribution >= 4 is 9.76 Å². The molecule has 0 unspecified atom stereocenters. The third kappa shape index (κ3) is 6.53. The van der Waals surface area contributed by atoms with Gasteiger partial charge < -0.3 is 4.43 Å². The summed E-state index contributed by atoms with van der Waals surface area (Å²) >= 11 is 0. The summed E-state index contributed by atoms with van der Waals surface area (Å²) in [5.74, 6) is 0. The average Bonchev–Trinajstić information content (AvgIpc) is 2.84. The first kappa shape index (κ1) is 23.2. The topological polar surface area (TPSA) is 9.23 Å². The smallest absolute Gasteiger partial charge is 0.187 e. The van der Waals surface area contributed by atoms with Gasteiger partial charge in [0.25, 0.3) is 0 Å². The van der Waals surface area contributed by atoms with Crippen LogP contribution in [-0.4, -0.2) is 9.76 Å². The molecule has 3 rings (SSSR count). The molecule has 0 saturated carbocycles. The molecule has 31 heavy (non-hydrogen) atoms. The molecule has 0 aliphatic heterocycles. The first-order valence-corrected chi connectivity index (χ1v) is 13.2. The molecule has 0 N–H and O–H groups in total. The molecule has 0 heterocycles. The van der Waals surface area contributed by atoms with E-state index in [1.165, 1.54) is 55.2 Å². The summed E-state index contributed by atoms with van der Waals surface area (Å²) in [7, 11) is -0.852. The molecule has 0 amide bonds. The fourth-order valence-corrected chi connectivity index (χ4v) is 5.39.